The molecule has 1 N–H and O–H groups in total. The van der Waals surface area contributed by atoms with Crippen molar-refractivity contribution in [1.82, 2.24) is 5.32 Å². The van der Waals surface area contributed by atoms with Crippen LogP contribution >= 0.6 is 0 Å². The van der Waals surface area contributed by atoms with E-state index >= 15 is 0 Å². The molecule has 0 heterocycles. The van der Waals surface area contributed by atoms with Crippen LogP contribution in [0.1, 0.15) is 35.4 Å². The number of rotatable bonds is 9. The molecule has 0 atom stereocenters. The largest absolute Gasteiger partial charge is 0.496 e. The standard InChI is InChI=1S/C21H27NO3/c1-23-19-13-21(25-3)20(24-2)12-16(19)10-11-22-14-17-6-4-5-7-18(17)15-8-9-15/h4-7,12-13,15,22H,8-11,14H2,1-3H3. The lowest BCUT2D eigenvalue weighted by Crippen LogP contribution is -2.18. The smallest absolute Gasteiger partial charge is 0.164 e. The summed E-state index contributed by atoms with van der Waals surface area (Å²) in [5.41, 5.74) is 4.05. The lowest BCUT2D eigenvalue weighted by Gasteiger charge is -2.15. The van der Waals surface area contributed by atoms with Gasteiger partial charge in [-0.15, -0.1) is 0 Å². The molecule has 0 aliphatic heterocycles. The molecule has 3 rings (SSSR count). The highest BCUT2D eigenvalue weighted by Gasteiger charge is 2.25. The number of hydrogen-bond donors (Lipinski definition) is 1. The fourth-order valence-electron chi connectivity index (χ4n) is 3.22. The molecule has 4 heteroatoms. The van der Waals surface area contributed by atoms with Crippen LogP contribution in [-0.4, -0.2) is 27.9 Å². The number of methoxy groups -OCH3 is 3. The van der Waals surface area contributed by atoms with Gasteiger partial charge in [0.1, 0.15) is 5.75 Å². The van der Waals surface area contributed by atoms with Crippen LogP contribution in [-0.2, 0) is 13.0 Å². The second-order valence-electron chi connectivity index (χ2n) is 6.42. The van der Waals surface area contributed by atoms with Crippen LogP contribution in [0.4, 0.5) is 0 Å². The van der Waals surface area contributed by atoms with Crippen molar-refractivity contribution in [3.8, 4) is 17.2 Å². The van der Waals surface area contributed by atoms with Gasteiger partial charge in [0.05, 0.1) is 21.3 Å². The Hall–Kier alpha value is -2.20. The van der Waals surface area contributed by atoms with Crippen molar-refractivity contribution in [2.75, 3.05) is 27.9 Å². The molecule has 1 saturated carbocycles. The Labute approximate surface area is 150 Å². The normalized spacial score (nSPS) is 13.6. The van der Waals surface area contributed by atoms with Gasteiger partial charge in [-0.3, -0.25) is 0 Å². The lowest BCUT2D eigenvalue weighted by molar-refractivity contribution is 0.347. The Balaban J connectivity index is 1.60. The van der Waals surface area contributed by atoms with Gasteiger partial charge in [0, 0.05) is 12.6 Å². The summed E-state index contributed by atoms with van der Waals surface area (Å²) >= 11 is 0. The molecule has 1 fully saturated rings. The van der Waals surface area contributed by atoms with Crippen molar-refractivity contribution >= 4 is 0 Å². The van der Waals surface area contributed by atoms with E-state index in [1.54, 1.807) is 21.3 Å². The Morgan fingerprint density at radius 1 is 0.880 bits per heavy atom. The third-order valence-corrected chi connectivity index (χ3v) is 4.75. The van der Waals surface area contributed by atoms with E-state index in [4.69, 9.17) is 14.2 Å². The fraction of sp³-hybridized carbons (Fsp3) is 0.429. The maximum Gasteiger partial charge on any atom is 0.164 e. The van der Waals surface area contributed by atoms with E-state index in [9.17, 15) is 0 Å². The summed E-state index contributed by atoms with van der Waals surface area (Å²) in [6, 6.07) is 12.7. The number of benzene rings is 2. The summed E-state index contributed by atoms with van der Waals surface area (Å²) in [5, 5.41) is 3.56. The third-order valence-electron chi connectivity index (χ3n) is 4.75. The molecule has 25 heavy (non-hydrogen) atoms. The summed E-state index contributed by atoms with van der Waals surface area (Å²) in [7, 11) is 4.97. The summed E-state index contributed by atoms with van der Waals surface area (Å²) in [6.07, 6.45) is 3.54. The Kier molecular flexibility index (Phi) is 5.82. The summed E-state index contributed by atoms with van der Waals surface area (Å²) < 4.78 is 16.2. The van der Waals surface area contributed by atoms with Crippen LogP contribution in [0.2, 0.25) is 0 Å². The van der Waals surface area contributed by atoms with E-state index in [1.165, 1.54) is 24.0 Å². The van der Waals surface area contributed by atoms with Gasteiger partial charge in [0.25, 0.3) is 0 Å². The zero-order valence-corrected chi connectivity index (χ0v) is 15.3. The van der Waals surface area contributed by atoms with Gasteiger partial charge >= 0.3 is 0 Å². The first kappa shape index (κ1) is 17.6. The van der Waals surface area contributed by atoms with Gasteiger partial charge in [-0.2, -0.15) is 0 Å². The highest BCUT2D eigenvalue weighted by Crippen LogP contribution is 2.41. The van der Waals surface area contributed by atoms with E-state index in [-0.39, 0.29) is 0 Å². The van der Waals surface area contributed by atoms with Crippen LogP contribution in [0, 0.1) is 0 Å². The van der Waals surface area contributed by atoms with E-state index in [0.29, 0.717) is 5.75 Å². The zero-order valence-electron chi connectivity index (χ0n) is 15.3. The minimum absolute atomic E-state index is 0.689. The van der Waals surface area contributed by atoms with E-state index in [1.807, 2.05) is 12.1 Å². The summed E-state index contributed by atoms with van der Waals surface area (Å²) in [6.45, 7) is 1.78. The first-order valence-corrected chi connectivity index (χ1v) is 8.84. The molecule has 0 amide bonds. The highest BCUT2D eigenvalue weighted by molar-refractivity contribution is 5.50. The van der Waals surface area contributed by atoms with E-state index in [0.717, 1.165) is 42.5 Å². The van der Waals surface area contributed by atoms with Crippen molar-refractivity contribution in [1.29, 1.82) is 0 Å². The number of ether oxygens (including phenoxy) is 3. The van der Waals surface area contributed by atoms with Gasteiger partial charge < -0.3 is 19.5 Å². The van der Waals surface area contributed by atoms with Crippen LogP contribution in [0.15, 0.2) is 36.4 Å². The monoisotopic (exact) mass is 341 g/mol. The van der Waals surface area contributed by atoms with Gasteiger partial charge in [-0.1, -0.05) is 24.3 Å². The molecule has 134 valence electrons. The van der Waals surface area contributed by atoms with Gasteiger partial charge in [-0.25, -0.2) is 0 Å². The second-order valence-corrected chi connectivity index (χ2v) is 6.42. The van der Waals surface area contributed by atoms with E-state index < -0.39 is 0 Å². The highest BCUT2D eigenvalue weighted by atomic mass is 16.5. The molecular weight excluding hydrogens is 314 g/mol. The van der Waals surface area contributed by atoms with Crippen LogP contribution in [0.5, 0.6) is 17.2 Å². The number of nitrogens with one attached hydrogen (secondary N) is 1. The summed E-state index contributed by atoms with van der Waals surface area (Å²) in [4.78, 5) is 0. The SMILES string of the molecule is COc1cc(OC)c(OC)cc1CCNCc1ccccc1C1CC1. The molecule has 2 aromatic rings. The summed E-state index contributed by atoms with van der Waals surface area (Å²) in [5.74, 6) is 3.04. The minimum Gasteiger partial charge on any atom is -0.496 e. The topological polar surface area (TPSA) is 39.7 Å². The van der Waals surface area contributed by atoms with E-state index in [2.05, 4.69) is 29.6 Å². The van der Waals surface area contributed by atoms with Crippen LogP contribution in [0.25, 0.3) is 0 Å². The van der Waals surface area contributed by atoms with Crippen LogP contribution < -0.4 is 19.5 Å². The fourth-order valence-corrected chi connectivity index (χ4v) is 3.22. The Morgan fingerprint density at radius 2 is 1.56 bits per heavy atom. The van der Waals surface area contributed by atoms with Gasteiger partial charge in [0.15, 0.2) is 11.5 Å². The van der Waals surface area contributed by atoms with Gasteiger partial charge in [-0.05, 0) is 54.5 Å². The molecule has 0 saturated heterocycles. The van der Waals surface area contributed by atoms with Crippen molar-refractivity contribution < 1.29 is 14.2 Å². The lowest BCUT2D eigenvalue weighted by atomic mass is 10.0. The van der Waals surface area contributed by atoms with Crippen molar-refractivity contribution in [2.45, 2.75) is 31.7 Å². The zero-order chi connectivity index (χ0) is 17.6. The maximum absolute atomic E-state index is 5.50. The Bertz CT molecular complexity index is 710. The third kappa shape index (κ3) is 4.26. The Morgan fingerprint density at radius 3 is 2.24 bits per heavy atom. The van der Waals surface area contributed by atoms with Crippen molar-refractivity contribution in [3.05, 3.63) is 53.1 Å². The molecule has 0 bridgehead atoms. The number of hydrogen-bond acceptors (Lipinski definition) is 4. The second kappa shape index (κ2) is 8.26. The molecule has 2 aromatic carbocycles. The molecule has 1 aliphatic rings. The average molecular weight is 341 g/mol. The molecule has 0 spiro atoms. The van der Waals surface area contributed by atoms with Crippen molar-refractivity contribution in [3.63, 3.8) is 0 Å². The van der Waals surface area contributed by atoms with Crippen LogP contribution in [0.3, 0.4) is 0 Å². The molecule has 4 nitrogen and oxygen atoms in total. The molecule has 1 aliphatic carbocycles. The van der Waals surface area contributed by atoms with Gasteiger partial charge in [0.2, 0.25) is 0 Å². The predicted molar refractivity (Wildman–Crippen MR) is 99.9 cm³/mol. The molecular formula is C21H27NO3. The maximum atomic E-state index is 5.50. The molecule has 0 radical (unpaired) electrons. The minimum atomic E-state index is 0.689. The average Bonchev–Trinajstić information content (AvgIpc) is 3.50. The molecule has 0 aromatic heterocycles. The molecule has 0 unspecified atom stereocenters. The predicted octanol–water partition coefficient (Wildman–Crippen LogP) is 3.92. The first-order chi connectivity index (χ1) is 12.3. The van der Waals surface area contributed by atoms with Crippen molar-refractivity contribution in [2.24, 2.45) is 0 Å². The quantitative estimate of drug-likeness (QED) is 0.702. The first-order valence-electron chi connectivity index (χ1n) is 8.84.